The van der Waals surface area contributed by atoms with E-state index in [2.05, 4.69) is 5.32 Å². The lowest BCUT2D eigenvalue weighted by atomic mass is 10.2. The predicted octanol–water partition coefficient (Wildman–Crippen LogP) is 4.74. The van der Waals surface area contributed by atoms with Crippen molar-refractivity contribution in [1.29, 1.82) is 0 Å². The van der Waals surface area contributed by atoms with Crippen molar-refractivity contribution >= 4 is 58.0 Å². The molecule has 24 heavy (non-hydrogen) atoms. The summed E-state index contributed by atoms with van der Waals surface area (Å²) in [6.07, 6.45) is 0. The van der Waals surface area contributed by atoms with Crippen LogP contribution in [0.5, 0.6) is 0 Å². The SMILES string of the molecule is Cc1ccc(N2C(=O)C(Cl)=C(Nc3ccccc3Cl)C2=O)cc1Cl. The summed E-state index contributed by atoms with van der Waals surface area (Å²) < 4.78 is 0. The first-order valence-electron chi connectivity index (χ1n) is 6.96. The molecule has 2 amide bonds. The maximum absolute atomic E-state index is 12.7. The molecule has 0 unspecified atom stereocenters. The van der Waals surface area contributed by atoms with Crippen LogP contribution >= 0.6 is 34.8 Å². The van der Waals surface area contributed by atoms with Crippen LogP contribution in [-0.2, 0) is 9.59 Å². The fourth-order valence-corrected chi connectivity index (χ4v) is 2.83. The zero-order valence-electron chi connectivity index (χ0n) is 12.4. The summed E-state index contributed by atoms with van der Waals surface area (Å²) in [6, 6.07) is 11.8. The van der Waals surface area contributed by atoms with Gasteiger partial charge in [-0.15, -0.1) is 0 Å². The molecule has 0 spiro atoms. The van der Waals surface area contributed by atoms with E-state index in [1.807, 2.05) is 6.92 Å². The van der Waals surface area contributed by atoms with E-state index in [9.17, 15) is 9.59 Å². The highest BCUT2D eigenvalue weighted by Gasteiger charge is 2.39. The number of benzene rings is 2. The van der Waals surface area contributed by atoms with E-state index in [1.165, 1.54) is 0 Å². The van der Waals surface area contributed by atoms with Gasteiger partial charge in [-0.3, -0.25) is 9.59 Å². The van der Waals surface area contributed by atoms with Crippen molar-refractivity contribution in [2.75, 3.05) is 10.2 Å². The second kappa shape index (κ2) is 6.48. The minimum atomic E-state index is -0.615. The molecule has 0 aliphatic carbocycles. The molecule has 0 atom stereocenters. The Kier molecular flexibility index (Phi) is 4.54. The summed E-state index contributed by atoms with van der Waals surface area (Å²) in [4.78, 5) is 26.0. The number of aryl methyl sites for hydroxylation is 1. The Balaban J connectivity index is 1.95. The smallest absolute Gasteiger partial charge is 0.283 e. The molecule has 0 radical (unpaired) electrons. The van der Waals surface area contributed by atoms with E-state index in [1.54, 1.807) is 42.5 Å². The Bertz CT molecular complexity index is 893. The van der Waals surface area contributed by atoms with E-state index in [-0.39, 0.29) is 10.7 Å². The molecule has 0 saturated heterocycles. The largest absolute Gasteiger partial charge is 0.348 e. The lowest BCUT2D eigenvalue weighted by molar-refractivity contribution is -0.120. The fraction of sp³-hybridized carbons (Fsp3) is 0.0588. The van der Waals surface area contributed by atoms with Gasteiger partial charge >= 0.3 is 0 Å². The first-order chi connectivity index (χ1) is 11.4. The molecule has 3 rings (SSSR count). The molecular weight excluding hydrogens is 371 g/mol. The van der Waals surface area contributed by atoms with Crippen LogP contribution in [0.25, 0.3) is 0 Å². The first-order valence-corrected chi connectivity index (χ1v) is 8.10. The van der Waals surface area contributed by atoms with E-state index in [0.717, 1.165) is 10.5 Å². The molecule has 0 bridgehead atoms. The van der Waals surface area contributed by atoms with Crippen molar-refractivity contribution < 1.29 is 9.59 Å². The summed E-state index contributed by atoms with van der Waals surface area (Å²) in [5, 5.41) is 3.50. The Hall–Kier alpha value is -2.01. The van der Waals surface area contributed by atoms with E-state index in [0.29, 0.717) is 21.4 Å². The van der Waals surface area contributed by atoms with Gasteiger partial charge in [-0.05, 0) is 36.8 Å². The number of halogens is 3. The molecule has 2 aromatic carbocycles. The van der Waals surface area contributed by atoms with Gasteiger partial charge in [0, 0.05) is 5.02 Å². The number of anilines is 2. The number of carbonyl (C=O) groups excluding carboxylic acids is 2. The number of rotatable bonds is 3. The summed E-state index contributed by atoms with van der Waals surface area (Å²) >= 11 is 18.2. The number of hydrogen-bond acceptors (Lipinski definition) is 3. The number of nitrogens with one attached hydrogen (secondary N) is 1. The monoisotopic (exact) mass is 380 g/mol. The van der Waals surface area contributed by atoms with Crippen molar-refractivity contribution in [2.24, 2.45) is 0 Å². The second-order valence-corrected chi connectivity index (χ2v) is 6.37. The van der Waals surface area contributed by atoms with E-state index < -0.39 is 11.8 Å². The van der Waals surface area contributed by atoms with Crippen molar-refractivity contribution in [1.82, 2.24) is 0 Å². The average molecular weight is 382 g/mol. The van der Waals surface area contributed by atoms with Crippen LogP contribution < -0.4 is 10.2 Å². The summed E-state index contributed by atoms with van der Waals surface area (Å²) in [7, 11) is 0. The van der Waals surface area contributed by atoms with Crippen LogP contribution in [-0.4, -0.2) is 11.8 Å². The number of nitrogens with zero attached hydrogens (tertiary/aromatic N) is 1. The lowest BCUT2D eigenvalue weighted by Gasteiger charge is -2.16. The van der Waals surface area contributed by atoms with Gasteiger partial charge in [0.2, 0.25) is 0 Å². The van der Waals surface area contributed by atoms with Crippen LogP contribution in [0.2, 0.25) is 10.0 Å². The minimum absolute atomic E-state index is 0.0218. The van der Waals surface area contributed by atoms with Crippen molar-refractivity contribution in [3.8, 4) is 0 Å². The normalized spacial score (nSPS) is 14.6. The number of carbonyl (C=O) groups is 2. The third-order valence-electron chi connectivity index (χ3n) is 3.57. The Labute approximate surface area is 153 Å². The van der Waals surface area contributed by atoms with Crippen molar-refractivity contribution in [3.63, 3.8) is 0 Å². The predicted molar refractivity (Wildman–Crippen MR) is 96.6 cm³/mol. The number of hydrogen-bond donors (Lipinski definition) is 1. The lowest BCUT2D eigenvalue weighted by Crippen LogP contribution is -2.32. The molecule has 7 heteroatoms. The Morgan fingerprint density at radius 3 is 2.29 bits per heavy atom. The Morgan fingerprint density at radius 1 is 0.917 bits per heavy atom. The standard InChI is InChI=1S/C17H11Cl3N2O2/c1-9-6-7-10(8-12(9)19)22-16(23)14(20)15(17(22)24)21-13-5-3-2-4-11(13)18/h2-8,21H,1H3. The van der Waals surface area contributed by atoms with Gasteiger partial charge in [0.15, 0.2) is 0 Å². The van der Waals surface area contributed by atoms with Crippen molar-refractivity contribution in [2.45, 2.75) is 6.92 Å². The topological polar surface area (TPSA) is 49.4 Å². The quantitative estimate of drug-likeness (QED) is 0.781. The van der Waals surface area contributed by atoms with Crippen LogP contribution in [0.3, 0.4) is 0 Å². The van der Waals surface area contributed by atoms with Gasteiger partial charge < -0.3 is 5.32 Å². The highest BCUT2D eigenvalue weighted by Crippen LogP contribution is 2.33. The molecule has 2 aromatic rings. The van der Waals surface area contributed by atoms with Crippen LogP contribution in [0.15, 0.2) is 53.2 Å². The summed E-state index contributed by atoms with van der Waals surface area (Å²) in [6.45, 7) is 1.83. The highest BCUT2D eigenvalue weighted by molar-refractivity contribution is 6.53. The number of para-hydroxylation sites is 1. The van der Waals surface area contributed by atoms with Gasteiger partial charge in [-0.25, -0.2) is 4.90 Å². The third-order valence-corrected chi connectivity index (χ3v) is 4.66. The van der Waals surface area contributed by atoms with Crippen molar-refractivity contribution in [3.05, 3.63) is 68.8 Å². The summed E-state index contributed by atoms with van der Waals surface area (Å²) in [5.41, 5.74) is 1.66. The molecule has 0 aromatic heterocycles. The molecular formula is C17H11Cl3N2O2. The second-order valence-electron chi connectivity index (χ2n) is 5.17. The van der Waals surface area contributed by atoms with Gasteiger partial charge in [0.1, 0.15) is 10.7 Å². The number of amides is 2. The van der Waals surface area contributed by atoms with E-state index in [4.69, 9.17) is 34.8 Å². The molecule has 122 valence electrons. The fourth-order valence-electron chi connectivity index (χ4n) is 2.26. The third kappa shape index (κ3) is 2.88. The molecule has 0 fully saturated rings. The highest BCUT2D eigenvalue weighted by atomic mass is 35.5. The molecule has 4 nitrogen and oxygen atoms in total. The summed E-state index contributed by atoms with van der Waals surface area (Å²) in [5.74, 6) is -1.18. The molecule has 1 aliphatic rings. The zero-order valence-corrected chi connectivity index (χ0v) is 14.7. The van der Waals surface area contributed by atoms with E-state index >= 15 is 0 Å². The number of imide groups is 1. The zero-order chi connectivity index (χ0) is 17.4. The maximum Gasteiger partial charge on any atom is 0.283 e. The molecule has 1 heterocycles. The minimum Gasteiger partial charge on any atom is -0.348 e. The van der Waals surface area contributed by atoms with Gasteiger partial charge in [0.25, 0.3) is 11.8 Å². The van der Waals surface area contributed by atoms with Crippen LogP contribution in [0.1, 0.15) is 5.56 Å². The molecule has 1 aliphatic heterocycles. The molecule has 0 saturated carbocycles. The Morgan fingerprint density at radius 2 is 1.62 bits per heavy atom. The maximum atomic E-state index is 12.7. The van der Waals surface area contributed by atoms with Gasteiger partial charge in [0.05, 0.1) is 16.4 Å². The first kappa shape index (κ1) is 16.8. The van der Waals surface area contributed by atoms with Crippen LogP contribution in [0, 0.1) is 6.92 Å². The van der Waals surface area contributed by atoms with Gasteiger partial charge in [-0.1, -0.05) is 53.0 Å². The van der Waals surface area contributed by atoms with Gasteiger partial charge in [-0.2, -0.15) is 0 Å². The van der Waals surface area contributed by atoms with Crippen LogP contribution in [0.4, 0.5) is 11.4 Å². The molecule has 1 N–H and O–H groups in total. The average Bonchev–Trinajstić information content (AvgIpc) is 2.76.